The molecule has 0 fully saturated rings. The quantitative estimate of drug-likeness (QED) is 0.804. The van der Waals surface area contributed by atoms with E-state index in [0.717, 1.165) is 18.2 Å². The van der Waals surface area contributed by atoms with Gasteiger partial charge in [0.05, 0.1) is 16.3 Å². The summed E-state index contributed by atoms with van der Waals surface area (Å²) in [6.45, 7) is 0.277. The molecule has 0 aliphatic rings. The van der Waals surface area contributed by atoms with E-state index in [4.69, 9.17) is 11.6 Å². The Morgan fingerprint density at radius 1 is 1.36 bits per heavy atom. The molecule has 0 saturated heterocycles. The van der Waals surface area contributed by atoms with Crippen LogP contribution in [0.15, 0.2) is 24.5 Å². The first kappa shape index (κ1) is 16.1. The van der Waals surface area contributed by atoms with Crippen LogP contribution in [0.4, 0.5) is 23.7 Å². The van der Waals surface area contributed by atoms with Crippen LogP contribution in [0.25, 0.3) is 0 Å². The number of hydrogen-bond donors (Lipinski definition) is 3. The molecule has 3 N–H and O–H groups in total. The molecule has 22 heavy (non-hydrogen) atoms. The number of aromatic amines is 1. The molecule has 0 atom stereocenters. The van der Waals surface area contributed by atoms with E-state index in [1.807, 2.05) is 0 Å². The Balaban J connectivity index is 1.88. The lowest BCUT2D eigenvalue weighted by Gasteiger charge is -2.11. The van der Waals surface area contributed by atoms with Gasteiger partial charge in [0.15, 0.2) is 0 Å². The Morgan fingerprint density at radius 2 is 2.14 bits per heavy atom. The Morgan fingerprint density at radius 3 is 2.73 bits per heavy atom. The third-order valence-electron chi connectivity index (χ3n) is 2.66. The average Bonchev–Trinajstić information content (AvgIpc) is 2.93. The average molecular weight is 334 g/mol. The normalized spacial score (nSPS) is 11.3. The van der Waals surface area contributed by atoms with E-state index in [1.54, 1.807) is 0 Å². The molecule has 0 aliphatic heterocycles. The second kappa shape index (κ2) is 6.65. The third-order valence-corrected chi connectivity index (χ3v) is 2.97. The first-order chi connectivity index (χ1) is 10.4. The number of hydrogen-bond acceptors (Lipinski definition) is 3. The summed E-state index contributed by atoms with van der Waals surface area (Å²) in [5, 5.41) is 11.0. The maximum absolute atomic E-state index is 12.5. The van der Waals surface area contributed by atoms with Gasteiger partial charge in [-0.3, -0.25) is 5.10 Å². The maximum atomic E-state index is 12.5. The van der Waals surface area contributed by atoms with Crippen LogP contribution < -0.4 is 10.6 Å². The van der Waals surface area contributed by atoms with Gasteiger partial charge in [0.2, 0.25) is 0 Å². The highest BCUT2D eigenvalue weighted by Crippen LogP contribution is 2.33. The fourth-order valence-corrected chi connectivity index (χ4v) is 1.83. The summed E-state index contributed by atoms with van der Waals surface area (Å²) in [6.07, 6.45) is -2.70. The van der Waals surface area contributed by atoms with Crippen LogP contribution in [0.2, 0.25) is 5.02 Å². The number of rotatable bonds is 4. The van der Waals surface area contributed by atoms with Gasteiger partial charge in [-0.15, -0.1) is 0 Å². The first-order valence-corrected chi connectivity index (χ1v) is 6.50. The Bertz CT molecular complexity index is 645. The number of carbonyl (C=O) groups is 1. The van der Waals surface area contributed by atoms with Crippen LogP contribution in [-0.2, 0) is 12.6 Å². The molecule has 0 unspecified atom stereocenters. The van der Waals surface area contributed by atoms with Crippen molar-refractivity contribution in [3.05, 3.63) is 40.9 Å². The Labute approximate surface area is 128 Å². The minimum Gasteiger partial charge on any atom is -0.337 e. The number of aromatic nitrogens is 3. The molecule has 2 rings (SSSR count). The molecule has 2 aromatic rings. The topological polar surface area (TPSA) is 82.7 Å². The second-order valence-corrected chi connectivity index (χ2v) is 4.66. The van der Waals surface area contributed by atoms with Gasteiger partial charge < -0.3 is 10.6 Å². The van der Waals surface area contributed by atoms with Crippen LogP contribution in [0.3, 0.4) is 0 Å². The number of alkyl halides is 3. The molecule has 1 heterocycles. The summed E-state index contributed by atoms with van der Waals surface area (Å²) in [5.74, 6) is 0.605. The Kier molecular flexibility index (Phi) is 4.86. The van der Waals surface area contributed by atoms with Crippen molar-refractivity contribution in [3.8, 4) is 0 Å². The molecule has 0 bridgehead atoms. The summed E-state index contributed by atoms with van der Waals surface area (Å²) < 4.78 is 37.5. The highest BCUT2D eigenvalue weighted by Gasteiger charge is 2.30. The highest BCUT2D eigenvalue weighted by molar-refractivity contribution is 6.33. The number of H-pyrrole nitrogens is 1. The lowest BCUT2D eigenvalue weighted by molar-refractivity contribution is -0.137. The maximum Gasteiger partial charge on any atom is 0.416 e. The molecule has 0 aliphatic carbocycles. The predicted octanol–water partition coefficient (Wildman–Crippen LogP) is 2.84. The van der Waals surface area contributed by atoms with Crippen LogP contribution in [0.1, 0.15) is 11.4 Å². The van der Waals surface area contributed by atoms with Crippen LogP contribution >= 0.6 is 11.6 Å². The number of amides is 2. The summed E-state index contributed by atoms with van der Waals surface area (Å²) >= 11 is 5.73. The van der Waals surface area contributed by atoms with Gasteiger partial charge in [-0.25, -0.2) is 9.78 Å². The second-order valence-electron chi connectivity index (χ2n) is 4.26. The largest absolute Gasteiger partial charge is 0.416 e. The van der Waals surface area contributed by atoms with Gasteiger partial charge in [0.1, 0.15) is 12.2 Å². The SMILES string of the molecule is O=C(NCCc1ncn[nH]1)Nc1ccc(C(F)(F)F)cc1Cl. The molecule has 6 nitrogen and oxygen atoms in total. The Hall–Kier alpha value is -2.29. The number of halogens is 4. The van der Waals surface area contributed by atoms with Gasteiger partial charge >= 0.3 is 12.2 Å². The van der Waals surface area contributed by atoms with Crippen LogP contribution in [0.5, 0.6) is 0 Å². The van der Waals surface area contributed by atoms with E-state index in [2.05, 4.69) is 25.8 Å². The van der Waals surface area contributed by atoms with Crippen molar-refractivity contribution in [1.29, 1.82) is 0 Å². The summed E-state index contributed by atoms with van der Waals surface area (Å²) in [6, 6.07) is 2.12. The van der Waals surface area contributed by atoms with Crippen molar-refractivity contribution < 1.29 is 18.0 Å². The molecule has 1 aromatic heterocycles. The van der Waals surface area contributed by atoms with Gasteiger partial charge in [-0.1, -0.05) is 11.6 Å². The number of anilines is 1. The monoisotopic (exact) mass is 333 g/mol. The molecule has 0 spiro atoms. The fraction of sp³-hybridized carbons (Fsp3) is 0.250. The van der Waals surface area contributed by atoms with Crippen molar-refractivity contribution in [2.75, 3.05) is 11.9 Å². The molecular formula is C12H11ClF3N5O. The van der Waals surface area contributed by atoms with Crippen molar-refractivity contribution in [3.63, 3.8) is 0 Å². The van der Waals surface area contributed by atoms with Crippen LogP contribution in [0, 0.1) is 0 Å². The zero-order chi connectivity index (χ0) is 16.2. The van der Waals surface area contributed by atoms with E-state index in [0.29, 0.717) is 12.2 Å². The molecule has 0 radical (unpaired) electrons. The van der Waals surface area contributed by atoms with E-state index in [-0.39, 0.29) is 17.3 Å². The zero-order valence-electron chi connectivity index (χ0n) is 11.0. The van der Waals surface area contributed by atoms with Crippen molar-refractivity contribution in [1.82, 2.24) is 20.5 Å². The summed E-state index contributed by atoms with van der Waals surface area (Å²) in [5.41, 5.74) is -0.791. The van der Waals surface area contributed by atoms with Crippen molar-refractivity contribution in [2.45, 2.75) is 12.6 Å². The molecule has 0 saturated carbocycles. The van der Waals surface area contributed by atoms with Gasteiger partial charge in [0, 0.05) is 13.0 Å². The number of benzene rings is 1. The first-order valence-electron chi connectivity index (χ1n) is 6.12. The summed E-state index contributed by atoms with van der Waals surface area (Å²) in [7, 11) is 0. The zero-order valence-corrected chi connectivity index (χ0v) is 11.8. The fourth-order valence-electron chi connectivity index (χ4n) is 1.61. The predicted molar refractivity (Wildman–Crippen MR) is 73.6 cm³/mol. The molecule has 1 aromatic carbocycles. The standard InChI is InChI=1S/C12H11ClF3N5O/c13-8-5-7(12(14,15)16)1-2-9(8)20-11(22)17-4-3-10-18-6-19-21-10/h1-2,5-6H,3-4H2,(H2,17,20,22)(H,18,19,21). The molecule has 2 amide bonds. The van der Waals surface area contributed by atoms with E-state index in [1.165, 1.54) is 6.33 Å². The third kappa shape index (κ3) is 4.35. The number of carbonyl (C=O) groups excluding carboxylic acids is 1. The summed E-state index contributed by atoms with van der Waals surface area (Å²) in [4.78, 5) is 15.5. The van der Waals surface area contributed by atoms with E-state index >= 15 is 0 Å². The number of urea groups is 1. The molecule has 118 valence electrons. The number of nitrogens with one attached hydrogen (secondary N) is 3. The van der Waals surface area contributed by atoms with Crippen LogP contribution in [-0.4, -0.2) is 27.8 Å². The van der Waals surface area contributed by atoms with Gasteiger partial charge in [-0.05, 0) is 18.2 Å². The molecular weight excluding hydrogens is 323 g/mol. The highest BCUT2D eigenvalue weighted by atomic mass is 35.5. The lowest BCUT2D eigenvalue weighted by Crippen LogP contribution is -2.30. The van der Waals surface area contributed by atoms with Gasteiger partial charge in [-0.2, -0.15) is 18.3 Å². The van der Waals surface area contributed by atoms with Crippen molar-refractivity contribution >= 4 is 23.3 Å². The lowest BCUT2D eigenvalue weighted by atomic mass is 10.2. The van der Waals surface area contributed by atoms with E-state index < -0.39 is 17.8 Å². The minimum absolute atomic E-state index is 0.0897. The molecule has 10 heteroatoms. The van der Waals surface area contributed by atoms with Crippen molar-refractivity contribution in [2.24, 2.45) is 0 Å². The smallest absolute Gasteiger partial charge is 0.337 e. The van der Waals surface area contributed by atoms with E-state index in [9.17, 15) is 18.0 Å². The number of nitrogens with zero attached hydrogens (tertiary/aromatic N) is 2. The minimum atomic E-state index is -4.48. The van der Waals surface area contributed by atoms with Gasteiger partial charge in [0.25, 0.3) is 0 Å².